The molecule has 0 amide bonds. The van der Waals surface area contributed by atoms with Gasteiger partial charge in [-0.05, 0) is 114 Å². The van der Waals surface area contributed by atoms with Crippen LogP contribution < -0.4 is 0 Å². The van der Waals surface area contributed by atoms with E-state index in [0.717, 1.165) is 23.4 Å². The second kappa shape index (κ2) is 10.1. The standard InChI is InChI=1S/C48H32N2/c1-2-50-45-22-12-11-21-44(45)49-47(50)31-25-23-30(24-26-31)38-29-43-46(37-18-6-5-15-34(37)38)39-27-32-13-3-4-14-33(32)28-42(39)48(43)40-19-9-7-16-35(40)36-17-8-10-20-41(36)48/h3-29H,2H2,1H3. The molecule has 234 valence electrons. The van der Waals surface area contributed by atoms with Crippen LogP contribution in [-0.2, 0) is 12.0 Å². The minimum atomic E-state index is -0.424. The van der Waals surface area contributed by atoms with Gasteiger partial charge >= 0.3 is 0 Å². The SMILES string of the molecule is CCn1c(-c2ccc(-c3cc4c(c5ccccc35)-c3cc5ccccc5cc3C43c4ccccc4-c4ccccc43)cc2)nc2ccccc21. The van der Waals surface area contributed by atoms with Crippen LogP contribution in [0.15, 0.2) is 164 Å². The highest BCUT2D eigenvalue weighted by atomic mass is 15.1. The first kappa shape index (κ1) is 27.7. The molecule has 0 unspecified atom stereocenters. The van der Waals surface area contributed by atoms with Crippen LogP contribution in [0.3, 0.4) is 0 Å². The fourth-order valence-corrected chi connectivity index (χ4v) is 9.33. The van der Waals surface area contributed by atoms with Gasteiger partial charge in [-0.15, -0.1) is 0 Å². The van der Waals surface area contributed by atoms with Gasteiger partial charge in [0, 0.05) is 12.1 Å². The zero-order valence-electron chi connectivity index (χ0n) is 27.7. The van der Waals surface area contributed by atoms with E-state index in [2.05, 4.69) is 175 Å². The molecule has 0 aliphatic heterocycles. The molecule has 0 atom stereocenters. The number of hydrogen-bond acceptors (Lipinski definition) is 1. The Labute approximate surface area is 290 Å². The highest BCUT2D eigenvalue weighted by Gasteiger charge is 2.52. The Morgan fingerprint density at radius 1 is 0.480 bits per heavy atom. The number of fused-ring (bicyclic) bond motifs is 14. The minimum Gasteiger partial charge on any atom is -0.324 e. The number of nitrogens with zero attached hydrogens (tertiary/aromatic N) is 2. The lowest BCUT2D eigenvalue weighted by atomic mass is 9.69. The van der Waals surface area contributed by atoms with Crippen molar-refractivity contribution in [2.75, 3.05) is 0 Å². The summed E-state index contributed by atoms with van der Waals surface area (Å²) in [5, 5.41) is 5.12. The van der Waals surface area contributed by atoms with E-state index < -0.39 is 5.41 Å². The molecular weight excluding hydrogens is 605 g/mol. The molecule has 8 aromatic carbocycles. The molecule has 2 aliphatic rings. The third-order valence-corrected chi connectivity index (χ3v) is 11.4. The Morgan fingerprint density at radius 2 is 1.08 bits per heavy atom. The summed E-state index contributed by atoms with van der Waals surface area (Å²) in [6, 6.07) is 61.0. The topological polar surface area (TPSA) is 17.8 Å². The maximum absolute atomic E-state index is 5.05. The smallest absolute Gasteiger partial charge is 0.141 e. The summed E-state index contributed by atoms with van der Waals surface area (Å²) in [6.07, 6.45) is 0. The number of aromatic nitrogens is 2. The van der Waals surface area contributed by atoms with Gasteiger partial charge in [-0.2, -0.15) is 0 Å². The van der Waals surface area contributed by atoms with Crippen LogP contribution in [0.2, 0.25) is 0 Å². The highest BCUT2D eigenvalue weighted by Crippen LogP contribution is 2.64. The average molecular weight is 637 g/mol. The van der Waals surface area contributed by atoms with E-state index in [9.17, 15) is 0 Å². The van der Waals surface area contributed by atoms with Gasteiger partial charge < -0.3 is 4.57 Å². The Morgan fingerprint density at radius 3 is 1.82 bits per heavy atom. The fraction of sp³-hybridized carbons (Fsp3) is 0.0625. The van der Waals surface area contributed by atoms with Gasteiger partial charge in [0.1, 0.15) is 5.82 Å². The van der Waals surface area contributed by atoms with Crippen molar-refractivity contribution in [2.45, 2.75) is 18.9 Å². The van der Waals surface area contributed by atoms with Crippen LogP contribution in [0.4, 0.5) is 0 Å². The van der Waals surface area contributed by atoms with Crippen LogP contribution in [0, 0.1) is 0 Å². The summed E-state index contributed by atoms with van der Waals surface area (Å²) >= 11 is 0. The molecule has 0 N–H and O–H groups in total. The zero-order chi connectivity index (χ0) is 33.0. The van der Waals surface area contributed by atoms with Crippen molar-refractivity contribution in [3.8, 4) is 44.8 Å². The van der Waals surface area contributed by atoms with Gasteiger partial charge in [-0.25, -0.2) is 4.98 Å². The maximum Gasteiger partial charge on any atom is 0.141 e. The van der Waals surface area contributed by atoms with Gasteiger partial charge in [-0.1, -0.05) is 133 Å². The molecular formula is C48H32N2. The lowest BCUT2D eigenvalue weighted by Crippen LogP contribution is -2.26. The summed E-state index contributed by atoms with van der Waals surface area (Å²) in [5.74, 6) is 1.01. The van der Waals surface area contributed by atoms with E-state index in [4.69, 9.17) is 4.98 Å². The van der Waals surface area contributed by atoms with Gasteiger partial charge in [0.25, 0.3) is 0 Å². The van der Waals surface area contributed by atoms with E-state index >= 15 is 0 Å². The predicted octanol–water partition coefficient (Wildman–Crippen LogP) is 12.0. The molecule has 0 saturated heterocycles. The van der Waals surface area contributed by atoms with Crippen molar-refractivity contribution in [1.82, 2.24) is 9.55 Å². The van der Waals surface area contributed by atoms with E-state index in [1.807, 2.05) is 0 Å². The van der Waals surface area contributed by atoms with Crippen LogP contribution >= 0.6 is 0 Å². The Balaban J connectivity index is 1.21. The second-order valence-electron chi connectivity index (χ2n) is 13.7. The van der Waals surface area contributed by atoms with Crippen molar-refractivity contribution in [3.05, 3.63) is 186 Å². The molecule has 11 rings (SSSR count). The lowest BCUT2D eigenvalue weighted by Gasteiger charge is -2.31. The van der Waals surface area contributed by atoms with E-state index in [1.165, 1.54) is 82.7 Å². The first-order valence-electron chi connectivity index (χ1n) is 17.6. The summed E-state index contributed by atoms with van der Waals surface area (Å²) < 4.78 is 2.31. The number of rotatable bonds is 3. The summed E-state index contributed by atoms with van der Waals surface area (Å²) in [5.41, 5.74) is 16.2. The van der Waals surface area contributed by atoms with Crippen molar-refractivity contribution in [1.29, 1.82) is 0 Å². The van der Waals surface area contributed by atoms with Crippen LogP contribution in [0.25, 0.3) is 77.3 Å². The normalized spacial score (nSPS) is 13.5. The van der Waals surface area contributed by atoms with Crippen molar-refractivity contribution in [2.24, 2.45) is 0 Å². The zero-order valence-corrected chi connectivity index (χ0v) is 27.7. The van der Waals surface area contributed by atoms with Gasteiger partial charge in [-0.3, -0.25) is 0 Å². The average Bonchev–Trinajstić information content (AvgIpc) is 3.80. The number of imidazole rings is 1. The fourth-order valence-electron chi connectivity index (χ4n) is 9.33. The Bertz CT molecular complexity index is 2810. The quantitative estimate of drug-likeness (QED) is 0.189. The molecule has 0 bridgehead atoms. The summed E-state index contributed by atoms with van der Waals surface area (Å²) in [7, 11) is 0. The third-order valence-electron chi connectivity index (χ3n) is 11.4. The third kappa shape index (κ3) is 3.50. The number of para-hydroxylation sites is 2. The predicted molar refractivity (Wildman–Crippen MR) is 208 cm³/mol. The van der Waals surface area contributed by atoms with E-state index in [1.54, 1.807) is 0 Å². The van der Waals surface area contributed by atoms with Crippen molar-refractivity contribution in [3.63, 3.8) is 0 Å². The number of benzene rings is 8. The van der Waals surface area contributed by atoms with Gasteiger partial charge in [0.05, 0.1) is 16.4 Å². The molecule has 2 heteroatoms. The Kier molecular flexibility index (Phi) is 5.61. The number of aryl methyl sites for hydroxylation is 1. The summed E-state index contributed by atoms with van der Waals surface area (Å²) in [6.45, 7) is 3.06. The van der Waals surface area contributed by atoms with Gasteiger partial charge in [0.2, 0.25) is 0 Å². The molecule has 9 aromatic rings. The molecule has 0 radical (unpaired) electrons. The van der Waals surface area contributed by atoms with Gasteiger partial charge in [0.15, 0.2) is 0 Å². The molecule has 50 heavy (non-hydrogen) atoms. The molecule has 1 heterocycles. The Hall–Kier alpha value is -6.25. The molecule has 0 saturated carbocycles. The largest absolute Gasteiger partial charge is 0.324 e. The second-order valence-corrected chi connectivity index (χ2v) is 13.7. The monoisotopic (exact) mass is 636 g/mol. The van der Waals surface area contributed by atoms with Crippen LogP contribution in [0.5, 0.6) is 0 Å². The lowest BCUT2D eigenvalue weighted by molar-refractivity contribution is 0.796. The molecule has 2 aliphatic carbocycles. The molecule has 2 nitrogen and oxygen atoms in total. The van der Waals surface area contributed by atoms with Crippen molar-refractivity contribution < 1.29 is 0 Å². The van der Waals surface area contributed by atoms with E-state index in [0.29, 0.717) is 0 Å². The first-order valence-corrected chi connectivity index (χ1v) is 17.6. The van der Waals surface area contributed by atoms with Crippen LogP contribution in [-0.4, -0.2) is 9.55 Å². The number of hydrogen-bond donors (Lipinski definition) is 0. The maximum atomic E-state index is 5.05. The minimum absolute atomic E-state index is 0.424. The molecule has 0 fully saturated rings. The molecule has 1 aromatic heterocycles. The van der Waals surface area contributed by atoms with Crippen molar-refractivity contribution >= 4 is 32.6 Å². The molecule has 1 spiro atoms. The van der Waals surface area contributed by atoms with Crippen LogP contribution in [0.1, 0.15) is 29.2 Å². The first-order chi connectivity index (χ1) is 24.8. The highest BCUT2D eigenvalue weighted by molar-refractivity contribution is 6.12. The van der Waals surface area contributed by atoms with E-state index in [-0.39, 0.29) is 0 Å². The summed E-state index contributed by atoms with van der Waals surface area (Å²) in [4.78, 5) is 5.05.